The van der Waals surface area contributed by atoms with Crippen molar-refractivity contribution in [3.8, 4) is 10.4 Å². The molecule has 1 fully saturated rings. The maximum absolute atomic E-state index is 14.3. The SMILES string of the molecule is CC1(C)CN(c2ccnc3sc(-c4c[nH]c(=O)[nH]c4=O)cc23)CC1(F)F. The molecule has 136 valence electrons. The van der Waals surface area contributed by atoms with Gasteiger partial charge in [0, 0.05) is 40.3 Å². The Bertz CT molecular complexity index is 1100. The van der Waals surface area contributed by atoms with Crippen molar-refractivity contribution in [1.82, 2.24) is 15.0 Å². The first-order valence-corrected chi connectivity index (χ1v) is 8.83. The van der Waals surface area contributed by atoms with Crippen molar-refractivity contribution in [3.63, 3.8) is 0 Å². The fourth-order valence-corrected chi connectivity index (χ4v) is 4.23. The normalized spacial score (nSPS) is 18.5. The Morgan fingerprint density at radius 3 is 2.69 bits per heavy atom. The fourth-order valence-electron chi connectivity index (χ4n) is 3.20. The summed E-state index contributed by atoms with van der Waals surface area (Å²) in [7, 11) is 0. The van der Waals surface area contributed by atoms with Gasteiger partial charge >= 0.3 is 5.69 Å². The second-order valence-electron chi connectivity index (χ2n) is 7.09. The van der Waals surface area contributed by atoms with Gasteiger partial charge in [0.2, 0.25) is 0 Å². The van der Waals surface area contributed by atoms with Crippen LogP contribution in [0.4, 0.5) is 14.5 Å². The van der Waals surface area contributed by atoms with E-state index in [0.29, 0.717) is 26.3 Å². The number of fused-ring (bicyclic) bond motifs is 1. The van der Waals surface area contributed by atoms with Crippen molar-refractivity contribution in [2.24, 2.45) is 5.41 Å². The molecule has 1 saturated heterocycles. The second kappa shape index (κ2) is 5.47. The Labute approximate surface area is 150 Å². The number of thiophene rings is 1. The van der Waals surface area contributed by atoms with E-state index < -0.39 is 22.6 Å². The van der Waals surface area contributed by atoms with Gasteiger partial charge in [0.05, 0.1) is 12.1 Å². The van der Waals surface area contributed by atoms with E-state index in [0.717, 1.165) is 0 Å². The molecular formula is C17H16F2N4O2S. The van der Waals surface area contributed by atoms with Crippen molar-refractivity contribution in [1.29, 1.82) is 0 Å². The Balaban J connectivity index is 1.83. The highest BCUT2D eigenvalue weighted by Crippen LogP contribution is 2.46. The summed E-state index contributed by atoms with van der Waals surface area (Å²) in [6, 6.07) is 3.47. The van der Waals surface area contributed by atoms with E-state index >= 15 is 0 Å². The predicted octanol–water partition coefficient (Wildman–Crippen LogP) is 2.82. The molecule has 3 aromatic heterocycles. The van der Waals surface area contributed by atoms with E-state index in [-0.39, 0.29) is 13.1 Å². The van der Waals surface area contributed by atoms with Gasteiger partial charge in [0.1, 0.15) is 4.83 Å². The summed E-state index contributed by atoms with van der Waals surface area (Å²) in [4.78, 5) is 35.1. The summed E-state index contributed by atoms with van der Waals surface area (Å²) in [6.07, 6.45) is 2.93. The smallest absolute Gasteiger partial charge is 0.325 e. The number of aromatic nitrogens is 3. The number of aromatic amines is 2. The molecule has 0 aliphatic carbocycles. The maximum Gasteiger partial charge on any atom is 0.325 e. The zero-order chi connectivity index (χ0) is 18.7. The molecule has 6 nitrogen and oxygen atoms in total. The Hall–Kier alpha value is -2.55. The lowest BCUT2D eigenvalue weighted by atomic mass is 9.89. The number of halogens is 2. The molecule has 0 aromatic carbocycles. The number of hydrogen-bond acceptors (Lipinski definition) is 5. The van der Waals surface area contributed by atoms with Gasteiger partial charge in [-0.3, -0.25) is 9.78 Å². The molecule has 2 N–H and O–H groups in total. The first-order chi connectivity index (χ1) is 12.2. The topological polar surface area (TPSA) is 81.8 Å². The number of nitrogens with one attached hydrogen (secondary N) is 2. The second-order valence-corrected chi connectivity index (χ2v) is 8.12. The van der Waals surface area contributed by atoms with Gasteiger partial charge in [0.15, 0.2) is 0 Å². The maximum atomic E-state index is 14.3. The van der Waals surface area contributed by atoms with Gasteiger partial charge in [-0.25, -0.2) is 18.6 Å². The average molecular weight is 378 g/mol. The minimum atomic E-state index is -2.79. The van der Waals surface area contributed by atoms with E-state index in [9.17, 15) is 18.4 Å². The largest absolute Gasteiger partial charge is 0.364 e. The number of hydrogen-bond donors (Lipinski definition) is 2. The van der Waals surface area contributed by atoms with E-state index in [1.807, 2.05) is 0 Å². The van der Waals surface area contributed by atoms with Gasteiger partial charge in [-0.2, -0.15) is 0 Å². The number of alkyl halides is 2. The minimum Gasteiger partial charge on any atom is -0.364 e. The zero-order valence-electron chi connectivity index (χ0n) is 14.1. The quantitative estimate of drug-likeness (QED) is 0.718. The summed E-state index contributed by atoms with van der Waals surface area (Å²) < 4.78 is 28.6. The van der Waals surface area contributed by atoms with Crippen LogP contribution in [0, 0.1) is 5.41 Å². The average Bonchev–Trinajstić information content (AvgIpc) is 3.05. The van der Waals surface area contributed by atoms with Crippen LogP contribution in [0.1, 0.15) is 13.8 Å². The predicted molar refractivity (Wildman–Crippen MR) is 97.2 cm³/mol. The third-order valence-corrected chi connectivity index (χ3v) is 5.88. The summed E-state index contributed by atoms with van der Waals surface area (Å²) >= 11 is 1.28. The summed E-state index contributed by atoms with van der Waals surface area (Å²) in [5, 5.41) is 0.714. The van der Waals surface area contributed by atoms with Crippen LogP contribution in [0.15, 0.2) is 34.1 Å². The Kier molecular flexibility index (Phi) is 3.56. The van der Waals surface area contributed by atoms with Crippen LogP contribution in [0.3, 0.4) is 0 Å². The molecule has 0 saturated carbocycles. The molecule has 9 heteroatoms. The van der Waals surface area contributed by atoms with Gasteiger partial charge < -0.3 is 9.88 Å². The monoisotopic (exact) mass is 378 g/mol. The van der Waals surface area contributed by atoms with Crippen LogP contribution >= 0.6 is 11.3 Å². The molecule has 0 unspecified atom stereocenters. The van der Waals surface area contributed by atoms with Gasteiger partial charge in [-0.05, 0) is 12.1 Å². The number of nitrogens with zero attached hydrogens (tertiary/aromatic N) is 2. The molecule has 0 bridgehead atoms. The van der Waals surface area contributed by atoms with Crippen LogP contribution in [-0.2, 0) is 0 Å². The molecule has 3 aromatic rings. The lowest BCUT2D eigenvalue weighted by Crippen LogP contribution is -2.34. The van der Waals surface area contributed by atoms with Crippen LogP contribution in [0.2, 0.25) is 0 Å². The molecule has 1 aliphatic heterocycles. The summed E-state index contributed by atoms with van der Waals surface area (Å²) in [5.74, 6) is -2.79. The van der Waals surface area contributed by atoms with Crippen molar-refractivity contribution in [3.05, 3.63) is 45.4 Å². The highest BCUT2D eigenvalue weighted by atomic mass is 32.1. The van der Waals surface area contributed by atoms with Crippen LogP contribution in [0.25, 0.3) is 20.7 Å². The van der Waals surface area contributed by atoms with E-state index in [1.165, 1.54) is 17.5 Å². The highest BCUT2D eigenvalue weighted by molar-refractivity contribution is 7.21. The van der Waals surface area contributed by atoms with Crippen LogP contribution < -0.4 is 16.1 Å². The van der Waals surface area contributed by atoms with Crippen LogP contribution in [-0.4, -0.2) is 34.0 Å². The molecule has 4 heterocycles. The molecule has 26 heavy (non-hydrogen) atoms. The van der Waals surface area contributed by atoms with E-state index in [4.69, 9.17) is 0 Å². The lowest BCUT2D eigenvalue weighted by Gasteiger charge is -2.24. The molecule has 0 amide bonds. The van der Waals surface area contributed by atoms with Crippen molar-refractivity contribution in [2.75, 3.05) is 18.0 Å². The lowest BCUT2D eigenvalue weighted by molar-refractivity contribution is -0.0642. The Morgan fingerprint density at radius 2 is 2.04 bits per heavy atom. The molecule has 0 radical (unpaired) electrons. The van der Waals surface area contributed by atoms with Gasteiger partial charge in [0.25, 0.3) is 11.5 Å². The zero-order valence-corrected chi connectivity index (χ0v) is 14.9. The highest BCUT2D eigenvalue weighted by Gasteiger charge is 2.54. The Morgan fingerprint density at radius 1 is 1.27 bits per heavy atom. The molecule has 0 atom stereocenters. The third-order valence-electron chi connectivity index (χ3n) is 4.80. The van der Waals surface area contributed by atoms with Gasteiger partial charge in [-0.15, -0.1) is 11.3 Å². The molecule has 1 aliphatic rings. The van der Waals surface area contributed by atoms with Crippen molar-refractivity contribution < 1.29 is 8.78 Å². The number of pyridine rings is 1. The number of H-pyrrole nitrogens is 2. The van der Waals surface area contributed by atoms with Crippen LogP contribution in [0.5, 0.6) is 0 Å². The standard InChI is InChI=1S/C17H16F2N4O2S/c1-16(2)7-23(8-17(16,18)19)11-3-4-20-14-9(11)5-12(26-14)10-6-21-15(25)22-13(10)24/h3-6H,7-8H2,1-2H3,(H2,21,22,24,25). The molecule has 0 spiro atoms. The van der Waals surface area contributed by atoms with E-state index in [2.05, 4.69) is 15.0 Å². The first kappa shape index (κ1) is 16.9. The number of anilines is 1. The third kappa shape index (κ3) is 2.54. The van der Waals surface area contributed by atoms with Crippen molar-refractivity contribution >= 4 is 27.2 Å². The summed E-state index contributed by atoms with van der Waals surface area (Å²) in [5.41, 5.74) is -1.23. The minimum absolute atomic E-state index is 0.226. The first-order valence-electron chi connectivity index (χ1n) is 8.02. The van der Waals surface area contributed by atoms with Crippen molar-refractivity contribution in [2.45, 2.75) is 19.8 Å². The summed E-state index contributed by atoms with van der Waals surface area (Å²) in [6.45, 7) is 2.99. The van der Waals surface area contributed by atoms with Gasteiger partial charge in [-0.1, -0.05) is 13.8 Å². The molecular weight excluding hydrogens is 362 g/mol. The molecule has 4 rings (SSSR count). The fraction of sp³-hybridized carbons (Fsp3) is 0.353. The van der Waals surface area contributed by atoms with E-state index in [1.54, 1.807) is 37.1 Å². The number of rotatable bonds is 2.